The van der Waals surface area contributed by atoms with E-state index in [0.29, 0.717) is 25.9 Å². The Balaban J connectivity index is 2.23. The van der Waals surface area contributed by atoms with Crippen molar-refractivity contribution in [1.82, 2.24) is 4.90 Å². The second-order valence-electron chi connectivity index (χ2n) is 3.06. The van der Waals surface area contributed by atoms with Crippen molar-refractivity contribution in [2.45, 2.75) is 18.9 Å². The Morgan fingerprint density at radius 1 is 1.46 bits per heavy atom. The van der Waals surface area contributed by atoms with Gasteiger partial charge in [0.1, 0.15) is 6.61 Å². The van der Waals surface area contributed by atoms with Crippen LogP contribution in [0.5, 0.6) is 0 Å². The van der Waals surface area contributed by atoms with E-state index in [9.17, 15) is 4.79 Å². The highest BCUT2D eigenvalue weighted by Crippen LogP contribution is 2.10. The van der Waals surface area contributed by atoms with Gasteiger partial charge in [-0.3, -0.25) is 0 Å². The molecule has 1 amide bonds. The first-order valence-electron chi connectivity index (χ1n) is 4.44. The molecule has 0 atom stereocenters. The molecular weight excluding hydrogens is 174 g/mol. The molecule has 0 saturated carbocycles. The van der Waals surface area contributed by atoms with Gasteiger partial charge in [-0.1, -0.05) is 0 Å². The summed E-state index contributed by atoms with van der Waals surface area (Å²) < 4.78 is 4.72. The SMILES string of the molecule is O=C(OCCO)N1CCC(O)CC1. The van der Waals surface area contributed by atoms with E-state index in [1.54, 1.807) is 4.90 Å². The van der Waals surface area contributed by atoms with Crippen molar-refractivity contribution in [1.29, 1.82) is 0 Å². The first-order valence-corrected chi connectivity index (χ1v) is 4.44. The minimum absolute atomic E-state index is 0.0396. The first kappa shape index (κ1) is 10.3. The predicted octanol–water partition coefficient (Wildman–Crippen LogP) is -0.428. The molecule has 5 nitrogen and oxygen atoms in total. The summed E-state index contributed by atoms with van der Waals surface area (Å²) in [5.74, 6) is 0. The summed E-state index contributed by atoms with van der Waals surface area (Å²) >= 11 is 0. The van der Waals surface area contributed by atoms with E-state index in [2.05, 4.69) is 0 Å². The van der Waals surface area contributed by atoms with Gasteiger partial charge in [0, 0.05) is 13.1 Å². The summed E-state index contributed by atoms with van der Waals surface area (Å²) in [5, 5.41) is 17.6. The van der Waals surface area contributed by atoms with Gasteiger partial charge in [-0.15, -0.1) is 0 Å². The molecule has 2 N–H and O–H groups in total. The smallest absolute Gasteiger partial charge is 0.409 e. The zero-order valence-electron chi connectivity index (χ0n) is 7.48. The molecular formula is C8H15NO4. The van der Waals surface area contributed by atoms with Crippen LogP contribution in [0.4, 0.5) is 4.79 Å². The molecule has 5 heteroatoms. The van der Waals surface area contributed by atoms with E-state index in [4.69, 9.17) is 14.9 Å². The molecule has 1 fully saturated rings. The van der Waals surface area contributed by atoms with Gasteiger partial charge in [-0.2, -0.15) is 0 Å². The number of nitrogens with zero attached hydrogens (tertiary/aromatic N) is 1. The molecule has 0 unspecified atom stereocenters. The summed E-state index contributed by atoms with van der Waals surface area (Å²) in [6.45, 7) is 0.955. The van der Waals surface area contributed by atoms with E-state index in [0.717, 1.165) is 0 Å². The summed E-state index contributed by atoms with van der Waals surface area (Å²) in [7, 11) is 0. The predicted molar refractivity (Wildman–Crippen MR) is 45.2 cm³/mol. The normalized spacial score (nSPS) is 18.8. The maximum atomic E-state index is 11.2. The number of amides is 1. The Morgan fingerprint density at radius 3 is 2.62 bits per heavy atom. The molecule has 0 bridgehead atoms. The van der Waals surface area contributed by atoms with Crippen LogP contribution < -0.4 is 0 Å². The van der Waals surface area contributed by atoms with Crippen LogP contribution in [-0.4, -0.2) is 53.6 Å². The number of carbonyl (C=O) groups excluding carboxylic acids is 1. The van der Waals surface area contributed by atoms with Crippen molar-refractivity contribution in [3.05, 3.63) is 0 Å². The first-order chi connectivity index (χ1) is 6.24. The van der Waals surface area contributed by atoms with Crippen molar-refractivity contribution in [2.75, 3.05) is 26.3 Å². The van der Waals surface area contributed by atoms with Crippen LogP contribution in [-0.2, 0) is 4.74 Å². The summed E-state index contributed by atoms with van der Waals surface area (Å²) in [6.07, 6.45) is 0.519. The fraction of sp³-hybridized carbons (Fsp3) is 0.875. The Morgan fingerprint density at radius 2 is 2.08 bits per heavy atom. The second-order valence-corrected chi connectivity index (χ2v) is 3.06. The van der Waals surface area contributed by atoms with Gasteiger partial charge < -0.3 is 19.8 Å². The lowest BCUT2D eigenvalue weighted by atomic mass is 10.1. The number of carbonyl (C=O) groups is 1. The summed E-state index contributed by atoms with van der Waals surface area (Å²) in [6, 6.07) is 0. The van der Waals surface area contributed by atoms with E-state index >= 15 is 0 Å². The number of likely N-dealkylation sites (tertiary alicyclic amines) is 1. The summed E-state index contributed by atoms with van der Waals surface area (Å²) in [4.78, 5) is 12.7. The number of aliphatic hydroxyl groups is 2. The third-order valence-electron chi connectivity index (χ3n) is 2.04. The molecule has 1 aliphatic heterocycles. The van der Waals surface area contributed by atoms with Crippen LogP contribution >= 0.6 is 0 Å². The van der Waals surface area contributed by atoms with Crippen LogP contribution in [0.25, 0.3) is 0 Å². The molecule has 1 saturated heterocycles. The average molecular weight is 189 g/mol. The largest absolute Gasteiger partial charge is 0.447 e. The number of ether oxygens (including phenoxy) is 1. The molecule has 13 heavy (non-hydrogen) atoms. The van der Waals surface area contributed by atoms with Gasteiger partial charge in [0.2, 0.25) is 0 Å². The highest BCUT2D eigenvalue weighted by Gasteiger charge is 2.21. The zero-order chi connectivity index (χ0) is 9.68. The highest BCUT2D eigenvalue weighted by atomic mass is 16.6. The third-order valence-corrected chi connectivity index (χ3v) is 2.04. The van der Waals surface area contributed by atoms with Gasteiger partial charge in [0.25, 0.3) is 0 Å². The Labute approximate surface area is 76.9 Å². The zero-order valence-corrected chi connectivity index (χ0v) is 7.48. The Kier molecular flexibility index (Phi) is 3.98. The lowest BCUT2D eigenvalue weighted by Crippen LogP contribution is -2.40. The number of aliphatic hydroxyl groups excluding tert-OH is 2. The molecule has 0 aromatic rings. The fourth-order valence-electron chi connectivity index (χ4n) is 1.27. The standard InChI is InChI=1S/C8H15NO4/c10-5-6-13-8(12)9-3-1-7(11)2-4-9/h7,10-11H,1-6H2. The number of rotatable bonds is 2. The number of hydrogen-bond donors (Lipinski definition) is 2. The summed E-state index contributed by atoms with van der Waals surface area (Å²) in [5.41, 5.74) is 0. The fourth-order valence-corrected chi connectivity index (χ4v) is 1.27. The van der Waals surface area contributed by atoms with Crippen LogP contribution in [0, 0.1) is 0 Å². The minimum atomic E-state index is -0.402. The van der Waals surface area contributed by atoms with E-state index in [1.807, 2.05) is 0 Å². The topological polar surface area (TPSA) is 70.0 Å². The molecule has 1 aliphatic rings. The van der Waals surface area contributed by atoms with Crippen LogP contribution in [0.1, 0.15) is 12.8 Å². The maximum Gasteiger partial charge on any atom is 0.409 e. The maximum absolute atomic E-state index is 11.2. The Bertz CT molecular complexity index is 166. The van der Waals surface area contributed by atoms with Crippen molar-refractivity contribution < 1.29 is 19.7 Å². The number of hydrogen-bond acceptors (Lipinski definition) is 4. The van der Waals surface area contributed by atoms with Gasteiger partial charge in [0.15, 0.2) is 0 Å². The molecule has 0 spiro atoms. The van der Waals surface area contributed by atoms with Crippen molar-refractivity contribution in [3.63, 3.8) is 0 Å². The quantitative estimate of drug-likeness (QED) is 0.618. The highest BCUT2D eigenvalue weighted by molar-refractivity contribution is 5.67. The average Bonchev–Trinajstić information content (AvgIpc) is 2.15. The minimum Gasteiger partial charge on any atom is -0.447 e. The van der Waals surface area contributed by atoms with E-state index < -0.39 is 6.09 Å². The Hall–Kier alpha value is -0.810. The second kappa shape index (κ2) is 5.04. The van der Waals surface area contributed by atoms with Crippen molar-refractivity contribution in [3.8, 4) is 0 Å². The van der Waals surface area contributed by atoms with Gasteiger partial charge in [0.05, 0.1) is 12.7 Å². The molecule has 0 aromatic carbocycles. The van der Waals surface area contributed by atoms with Crippen LogP contribution in [0.15, 0.2) is 0 Å². The van der Waals surface area contributed by atoms with E-state index in [1.165, 1.54) is 0 Å². The van der Waals surface area contributed by atoms with Crippen LogP contribution in [0.2, 0.25) is 0 Å². The lowest BCUT2D eigenvalue weighted by Gasteiger charge is -2.28. The molecule has 0 aromatic heterocycles. The van der Waals surface area contributed by atoms with Gasteiger partial charge >= 0.3 is 6.09 Å². The molecule has 0 radical (unpaired) electrons. The van der Waals surface area contributed by atoms with Crippen molar-refractivity contribution in [2.24, 2.45) is 0 Å². The molecule has 1 heterocycles. The molecule has 1 rings (SSSR count). The lowest BCUT2D eigenvalue weighted by molar-refractivity contribution is 0.0515. The monoisotopic (exact) mass is 189 g/mol. The van der Waals surface area contributed by atoms with Crippen molar-refractivity contribution >= 4 is 6.09 Å². The molecule has 0 aliphatic carbocycles. The third kappa shape index (κ3) is 3.20. The van der Waals surface area contributed by atoms with E-state index in [-0.39, 0.29) is 19.3 Å². The van der Waals surface area contributed by atoms with Gasteiger partial charge in [-0.25, -0.2) is 4.79 Å². The number of piperidine rings is 1. The van der Waals surface area contributed by atoms with Gasteiger partial charge in [-0.05, 0) is 12.8 Å². The van der Waals surface area contributed by atoms with Crippen LogP contribution in [0.3, 0.4) is 0 Å². The molecule has 76 valence electrons.